The van der Waals surface area contributed by atoms with Gasteiger partial charge in [0, 0.05) is 38.0 Å². The number of carbonyl (C=O) groups is 1. The summed E-state index contributed by atoms with van der Waals surface area (Å²) in [5.41, 5.74) is 0.0937. The lowest BCUT2D eigenvalue weighted by molar-refractivity contribution is -0.0364. The highest BCUT2D eigenvalue weighted by atomic mass is 28.4. The molecular formula is C27H58N2O6Si2. The Bertz CT molecular complexity index is 743. The summed E-state index contributed by atoms with van der Waals surface area (Å²) in [4.78, 5) is 14.6. The van der Waals surface area contributed by atoms with Crippen molar-refractivity contribution in [3.8, 4) is 0 Å². The SMILES string of the molecule is CC(C)(C)N1C[C@@H](O)C[C@@H](O[Si](C)(C)C(C)(C)C)C1.CC(C)(C)[Si](C)(C)O[C@@H]1C[C@H](O)CN(C(=O)O)C1. The van der Waals surface area contributed by atoms with Gasteiger partial charge in [0.15, 0.2) is 16.6 Å². The first kappa shape index (κ1) is 34.5. The van der Waals surface area contributed by atoms with E-state index in [9.17, 15) is 15.0 Å². The molecule has 10 heteroatoms. The topological polar surface area (TPSA) is 103 Å². The zero-order chi connectivity index (χ0) is 29.2. The summed E-state index contributed by atoms with van der Waals surface area (Å²) in [6.45, 7) is 30.9. The zero-order valence-electron chi connectivity index (χ0n) is 26.0. The van der Waals surface area contributed by atoms with Gasteiger partial charge in [-0.3, -0.25) is 4.90 Å². The molecule has 2 aliphatic rings. The van der Waals surface area contributed by atoms with Gasteiger partial charge in [0.2, 0.25) is 0 Å². The average Bonchev–Trinajstić information content (AvgIpc) is 2.64. The van der Waals surface area contributed by atoms with Gasteiger partial charge in [-0.25, -0.2) is 4.79 Å². The number of aliphatic hydroxyl groups is 2. The van der Waals surface area contributed by atoms with E-state index >= 15 is 0 Å². The van der Waals surface area contributed by atoms with Gasteiger partial charge in [-0.1, -0.05) is 41.5 Å². The normalized spacial score (nSPS) is 26.9. The van der Waals surface area contributed by atoms with Gasteiger partial charge in [0.05, 0.1) is 31.0 Å². The van der Waals surface area contributed by atoms with Crippen LogP contribution in [0.1, 0.15) is 75.2 Å². The van der Waals surface area contributed by atoms with Crippen molar-refractivity contribution in [1.82, 2.24) is 9.80 Å². The Balaban J connectivity index is 0.000000371. The summed E-state index contributed by atoms with van der Waals surface area (Å²) in [5, 5.41) is 29.1. The van der Waals surface area contributed by atoms with E-state index in [-0.39, 0.29) is 40.5 Å². The predicted octanol–water partition coefficient (Wildman–Crippen LogP) is 5.36. The number of hydrogen-bond donors (Lipinski definition) is 3. The molecule has 0 aromatic rings. The second-order valence-corrected chi connectivity index (χ2v) is 24.6. The molecule has 2 fully saturated rings. The van der Waals surface area contributed by atoms with E-state index in [1.807, 2.05) is 0 Å². The monoisotopic (exact) mass is 562 g/mol. The lowest BCUT2D eigenvalue weighted by atomic mass is 9.98. The highest BCUT2D eigenvalue weighted by Gasteiger charge is 2.43. The Hall–Kier alpha value is -0.496. The van der Waals surface area contributed by atoms with E-state index in [0.29, 0.717) is 13.0 Å². The minimum Gasteiger partial charge on any atom is -0.465 e. The fourth-order valence-electron chi connectivity index (χ4n) is 4.12. The summed E-state index contributed by atoms with van der Waals surface area (Å²) in [7, 11) is -3.67. The Morgan fingerprint density at radius 3 is 1.43 bits per heavy atom. The largest absolute Gasteiger partial charge is 0.465 e. The maximum Gasteiger partial charge on any atom is 0.407 e. The first-order valence-corrected chi connectivity index (χ1v) is 19.6. The summed E-state index contributed by atoms with van der Waals surface area (Å²) in [6, 6.07) is 0. The van der Waals surface area contributed by atoms with Gasteiger partial charge in [0.1, 0.15) is 0 Å². The van der Waals surface area contributed by atoms with E-state index in [1.165, 1.54) is 4.90 Å². The van der Waals surface area contributed by atoms with Gasteiger partial charge in [-0.05, 0) is 57.0 Å². The number of aliphatic hydroxyl groups excluding tert-OH is 2. The van der Waals surface area contributed by atoms with Crippen LogP contribution >= 0.6 is 0 Å². The number of nitrogens with zero attached hydrogens (tertiary/aromatic N) is 2. The van der Waals surface area contributed by atoms with Crippen molar-refractivity contribution >= 4 is 22.7 Å². The van der Waals surface area contributed by atoms with Gasteiger partial charge >= 0.3 is 6.09 Å². The van der Waals surface area contributed by atoms with Crippen LogP contribution in [-0.4, -0.2) is 104 Å². The van der Waals surface area contributed by atoms with Crippen LogP contribution in [0, 0.1) is 0 Å². The Morgan fingerprint density at radius 1 is 0.703 bits per heavy atom. The summed E-state index contributed by atoms with van der Waals surface area (Å²) < 4.78 is 12.6. The second-order valence-electron chi connectivity index (χ2n) is 15.0. The Morgan fingerprint density at radius 2 is 1.08 bits per heavy atom. The molecule has 0 saturated carbocycles. The molecule has 37 heavy (non-hydrogen) atoms. The standard InChI is InChI=1S/C15H33NO2Si.C12H25NO4Si/c1-14(2,3)16-10-12(17)9-13(11-16)18-19(7,8)15(4,5)6;1-12(2,3)18(4,5)17-10-6-9(14)7-13(8-10)11(15)16/h12-13,17H,9-11H2,1-8H3;9-10,14H,6-8H2,1-5H3,(H,15,16)/t12-,13+;9-,10+/m00/s1. The van der Waals surface area contributed by atoms with E-state index in [2.05, 4.69) is 93.4 Å². The number of rotatable bonds is 4. The molecule has 0 unspecified atom stereocenters. The number of piperidine rings is 2. The molecular weight excluding hydrogens is 504 g/mol. The first-order valence-electron chi connectivity index (χ1n) is 13.8. The molecule has 2 rings (SSSR count). The van der Waals surface area contributed by atoms with Crippen LogP contribution in [0.3, 0.4) is 0 Å². The van der Waals surface area contributed by atoms with Crippen LogP contribution in [-0.2, 0) is 8.85 Å². The van der Waals surface area contributed by atoms with E-state index < -0.39 is 28.8 Å². The number of likely N-dealkylation sites (tertiary alicyclic amines) is 2. The number of hydrogen-bond acceptors (Lipinski definition) is 6. The van der Waals surface area contributed by atoms with Gasteiger partial charge < -0.3 is 29.1 Å². The summed E-state index contributed by atoms with van der Waals surface area (Å²) in [6.07, 6.45) is -0.588. The minimum absolute atomic E-state index is 0.0868. The van der Waals surface area contributed by atoms with Crippen molar-refractivity contribution in [2.24, 2.45) is 0 Å². The maximum absolute atomic E-state index is 11.0. The van der Waals surface area contributed by atoms with Gasteiger partial charge in [-0.2, -0.15) is 0 Å². The molecule has 8 nitrogen and oxygen atoms in total. The first-order chi connectivity index (χ1) is 16.4. The molecule has 3 N–H and O–H groups in total. The van der Waals surface area contributed by atoms with E-state index in [1.54, 1.807) is 0 Å². The van der Waals surface area contributed by atoms with E-state index in [0.717, 1.165) is 19.5 Å². The van der Waals surface area contributed by atoms with Crippen molar-refractivity contribution in [2.75, 3.05) is 26.2 Å². The van der Waals surface area contributed by atoms with Crippen LogP contribution in [0.2, 0.25) is 36.3 Å². The third-order valence-electron chi connectivity index (χ3n) is 8.53. The van der Waals surface area contributed by atoms with E-state index in [4.69, 9.17) is 14.0 Å². The van der Waals surface area contributed by atoms with Gasteiger partial charge in [-0.15, -0.1) is 0 Å². The quantitative estimate of drug-likeness (QED) is 0.396. The van der Waals surface area contributed by atoms with Crippen molar-refractivity contribution < 1.29 is 29.0 Å². The number of β-amino-alcohol motifs (C(OH)–C–C–N with tert-alkyl or cyclic N) is 2. The molecule has 0 aromatic carbocycles. The fraction of sp³-hybridized carbons (Fsp3) is 0.963. The molecule has 2 aliphatic heterocycles. The highest BCUT2D eigenvalue weighted by molar-refractivity contribution is 6.74. The van der Waals surface area contributed by atoms with Crippen LogP contribution in [0.15, 0.2) is 0 Å². The smallest absolute Gasteiger partial charge is 0.407 e. The molecule has 0 bridgehead atoms. The third-order valence-corrected chi connectivity index (χ3v) is 17.6. The lowest BCUT2D eigenvalue weighted by Crippen LogP contribution is -2.57. The molecule has 1 amide bonds. The highest BCUT2D eigenvalue weighted by Crippen LogP contribution is 2.39. The van der Waals surface area contributed by atoms with Crippen molar-refractivity contribution in [3.63, 3.8) is 0 Å². The van der Waals surface area contributed by atoms with Crippen LogP contribution in [0.4, 0.5) is 4.79 Å². The molecule has 0 aliphatic carbocycles. The Kier molecular flexibility index (Phi) is 11.5. The molecule has 0 radical (unpaired) electrons. The molecule has 2 saturated heterocycles. The maximum atomic E-state index is 11.0. The number of carboxylic acid groups (broad SMARTS) is 1. The molecule has 4 atom stereocenters. The molecule has 2 heterocycles. The molecule has 0 aromatic heterocycles. The third kappa shape index (κ3) is 10.5. The predicted molar refractivity (Wildman–Crippen MR) is 156 cm³/mol. The molecule has 0 spiro atoms. The average molecular weight is 563 g/mol. The van der Waals surface area contributed by atoms with Crippen molar-refractivity contribution in [1.29, 1.82) is 0 Å². The molecule has 220 valence electrons. The second kappa shape index (κ2) is 12.3. The zero-order valence-corrected chi connectivity index (χ0v) is 28.0. The summed E-state index contributed by atoms with van der Waals surface area (Å²) in [5.74, 6) is 0. The van der Waals surface area contributed by atoms with Crippen LogP contribution in [0.5, 0.6) is 0 Å². The summed E-state index contributed by atoms with van der Waals surface area (Å²) >= 11 is 0. The fourth-order valence-corrected chi connectivity index (χ4v) is 6.83. The minimum atomic E-state index is -1.92. The number of amides is 1. The Labute approximate surface area is 229 Å². The lowest BCUT2D eigenvalue weighted by Gasteiger charge is -2.47. The van der Waals surface area contributed by atoms with Gasteiger partial charge in [0.25, 0.3) is 0 Å². The van der Waals surface area contributed by atoms with Crippen LogP contribution < -0.4 is 0 Å². The van der Waals surface area contributed by atoms with Crippen LogP contribution in [0.25, 0.3) is 0 Å². The van der Waals surface area contributed by atoms with Crippen molar-refractivity contribution in [2.45, 2.75) is 141 Å². The van der Waals surface area contributed by atoms with Crippen molar-refractivity contribution in [3.05, 3.63) is 0 Å².